The lowest BCUT2D eigenvalue weighted by Gasteiger charge is -2.33. The first kappa shape index (κ1) is 19.6. The second-order valence-corrected chi connectivity index (χ2v) is 9.16. The predicted molar refractivity (Wildman–Crippen MR) is 126 cm³/mol. The largest absolute Gasteiger partial charge is 0.448 e. The van der Waals surface area contributed by atoms with Crippen molar-refractivity contribution < 1.29 is 9.53 Å². The molecule has 2 bridgehead atoms. The lowest BCUT2D eigenvalue weighted by Crippen LogP contribution is -2.43. The van der Waals surface area contributed by atoms with Crippen LogP contribution >= 0.6 is 11.6 Å². The van der Waals surface area contributed by atoms with Crippen LogP contribution in [0, 0.1) is 0 Å². The Morgan fingerprint density at radius 2 is 1.75 bits per heavy atom. The highest BCUT2D eigenvalue weighted by atomic mass is 35.5. The lowest BCUT2D eigenvalue weighted by molar-refractivity contribution is 0.0866. The molecule has 32 heavy (non-hydrogen) atoms. The summed E-state index contributed by atoms with van der Waals surface area (Å²) in [6, 6.07) is 21.0. The summed E-state index contributed by atoms with van der Waals surface area (Å²) in [6.07, 6.45) is 6.52. The van der Waals surface area contributed by atoms with Crippen LogP contribution in [-0.4, -0.2) is 34.7 Å². The summed E-state index contributed by atoms with van der Waals surface area (Å²) in [7, 11) is 0. The van der Waals surface area contributed by atoms with Gasteiger partial charge in [-0.05, 0) is 64.8 Å². The van der Waals surface area contributed by atoms with Gasteiger partial charge in [-0.25, -0.2) is 9.78 Å². The predicted octanol–water partition coefficient (Wildman–Crippen LogP) is 6.30. The van der Waals surface area contributed by atoms with Crippen LogP contribution in [0.3, 0.4) is 0 Å². The van der Waals surface area contributed by atoms with E-state index >= 15 is 0 Å². The van der Waals surface area contributed by atoms with Gasteiger partial charge in [-0.3, -0.25) is 4.90 Å². The van der Waals surface area contributed by atoms with Crippen LogP contribution in [0.4, 0.5) is 4.79 Å². The van der Waals surface area contributed by atoms with Crippen LogP contribution in [0.15, 0.2) is 72.9 Å². The van der Waals surface area contributed by atoms with E-state index in [9.17, 15) is 4.79 Å². The number of pyridine rings is 1. The van der Waals surface area contributed by atoms with Crippen molar-refractivity contribution in [1.29, 1.82) is 0 Å². The minimum Gasteiger partial charge on any atom is -0.448 e. The first-order chi connectivity index (χ1) is 15.7. The van der Waals surface area contributed by atoms with E-state index in [0.717, 1.165) is 24.8 Å². The average Bonchev–Trinajstić information content (AvgIpc) is 3.28. The van der Waals surface area contributed by atoms with Crippen molar-refractivity contribution in [2.75, 3.05) is 6.61 Å². The summed E-state index contributed by atoms with van der Waals surface area (Å²) in [5, 5.41) is 0.495. The average molecular weight is 443 g/mol. The van der Waals surface area contributed by atoms with Crippen molar-refractivity contribution in [3.63, 3.8) is 0 Å². The van der Waals surface area contributed by atoms with Crippen molar-refractivity contribution in [2.24, 2.45) is 0 Å². The molecule has 3 heterocycles. The molecule has 1 aliphatic carbocycles. The summed E-state index contributed by atoms with van der Waals surface area (Å²) < 4.78 is 5.95. The van der Waals surface area contributed by atoms with Crippen molar-refractivity contribution >= 4 is 23.3 Å². The van der Waals surface area contributed by atoms with Crippen LogP contribution in [-0.2, 0) is 4.74 Å². The van der Waals surface area contributed by atoms with Gasteiger partial charge >= 0.3 is 6.09 Å². The Morgan fingerprint density at radius 3 is 2.44 bits per heavy atom. The number of rotatable bonds is 3. The van der Waals surface area contributed by atoms with Crippen LogP contribution in [0.5, 0.6) is 0 Å². The molecule has 1 fully saturated rings. The third-order valence-corrected chi connectivity index (χ3v) is 7.25. The maximum absolute atomic E-state index is 13.2. The number of amides is 1. The van der Waals surface area contributed by atoms with Gasteiger partial charge in [0, 0.05) is 18.2 Å². The van der Waals surface area contributed by atoms with E-state index < -0.39 is 0 Å². The number of fused-ring (bicyclic) bond motifs is 5. The van der Waals surface area contributed by atoms with E-state index in [-0.39, 0.29) is 24.1 Å². The van der Waals surface area contributed by atoms with E-state index in [1.54, 1.807) is 6.20 Å². The first-order valence-electron chi connectivity index (χ1n) is 11.1. The Hall–Kier alpha value is -3.11. The molecule has 5 heteroatoms. The van der Waals surface area contributed by atoms with Crippen molar-refractivity contribution in [2.45, 2.75) is 37.3 Å². The third kappa shape index (κ3) is 3.21. The van der Waals surface area contributed by atoms with Crippen LogP contribution in [0.1, 0.15) is 41.9 Å². The maximum Gasteiger partial charge on any atom is 0.410 e. The summed E-state index contributed by atoms with van der Waals surface area (Å²) in [5.41, 5.74) is 7.29. The molecular weight excluding hydrogens is 420 g/mol. The van der Waals surface area contributed by atoms with Gasteiger partial charge in [0.1, 0.15) is 11.8 Å². The fourth-order valence-corrected chi connectivity index (χ4v) is 5.77. The zero-order valence-electron chi connectivity index (χ0n) is 17.6. The molecule has 3 aliphatic rings. The fourth-order valence-electron chi connectivity index (χ4n) is 5.60. The molecule has 4 nitrogen and oxygen atoms in total. The van der Waals surface area contributed by atoms with E-state index in [1.165, 1.54) is 27.8 Å². The van der Waals surface area contributed by atoms with Crippen molar-refractivity contribution in [3.8, 4) is 11.1 Å². The topological polar surface area (TPSA) is 42.4 Å². The minimum absolute atomic E-state index is 0.0753. The number of hydrogen-bond acceptors (Lipinski definition) is 3. The molecule has 2 aromatic carbocycles. The smallest absolute Gasteiger partial charge is 0.410 e. The zero-order chi connectivity index (χ0) is 21.7. The Bertz CT molecular complexity index is 1190. The molecule has 3 aromatic rings. The molecule has 160 valence electrons. The van der Waals surface area contributed by atoms with Crippen LogP contribution in [0.25, 0.3) is 16.7 Å². The maximum atomic E-state index is 13.2. The van der Waals surface area contributed by atoms with Gasteiger partial charge < -0.3 is 4.74 Å². The first-order valence-corrected chi connectivity index (χ1v) is 11.5. The molecule has 0 spiro atoms. The minimum atomic E-state index is -0.206. The van der Waals surface area contributed by atoms with E-state index in [1.807, 2.05) is 17.0 Å². The molecule has 2 aliphatic heterocycles. The number of ether oxygens (including phenoxy) is 1. The molecular formula is C27H23ClN2O2. The zero-order valence-corrected chi connectivity index (χ0v) is 18.3. The summed E-state index contributed by atoms with van der Waals surface area (Å²) in [5.74, 6) is 0.0823. The van der Waals surface area contributed by atoms with Gasteiger partial charge in [-0.15, -0.1) is 0 Å². The van der Waals surface area contributed by atoms with Gasteiger partial charge in [-0.2, -0.15) is 0 Å². The molecule has 1 saturated heterocycles. The van der Waals surface area contributed by atoms with Crippen molar-refractivity contribution in [3.05, 3.63) is 94.8 Å². The number of aromatic nitrogens is 1. The number of nitrogens with zero attached hydrogens (tertiary/aromatic N) is 2. The summed E-state index contributed by atoms with van der Waals surface area (Å²) in [4.78, 5) is 19.2. The monoisotopic (exact) mass is 442 g/mol. The Morgan fingerprint density at radius 1 is 1.03 bits per heavy atom. The summed E-state index contributed by atoms with van der Waals surface area (Å²) in [6.45, 7) is 0.360. The molecule has 0 saturated carbocycles. The van der Waals surface area contributed by atoms with E-state index in [0.29, 0.717) is 11.8 Å². The Kier molecular flexibility index (Phi) is 4.76. The highest BCUT2D eigenvalue weighted by Crippen LogP contribution is 2.45. The Balaban J connectivity index is 1.20. The SMILES string of the molecule is O=C(OCC1c2ccccc2-c2ccccc21)N1C2C=C(c3ccnc(Cl)c3)CC1CC2. The molecule has 0 N–H and O–H groups in total. The van der Waals surface area contributed by atoms with E-state index in [4.69, 9.17) is 16.3 Å². The molecule has 1 aromatic heterocycles. The fraction of sp³-hybridized carbons (Fsp3) is 0.259. The molecule has 2 atom stereocenters. The van der Waals surface area contributed by atoms with Gasteiger partial charge in [0.25, 0.3) is 0 Å². The molecule has 0 radical (unpaired) electrons. The Labute approximate surface area is 192 Å². The quantitative estimate of drug-likeness (QED) is 0.447. The molecule has 2 unspecified atom stereocenters. The van der Waals surface area contributed by atoms with Gasteiger partial charge in [-0.1, -0.05) is 66.2 Å². The second-order valence-electron chi connectivity index (χ2n) is 8.77. The van der Waals surface area contributed by atoms with E-state index in [2.05, 4.69) is 59.6 Å². The van der Waals surface area contributed by atoms with Gasteiger partial charge in [0.05, 0.1) is 6.04 Å². The molecule has 6 rings (SSSR count). The lowest BCUT2D eigenvalue weighted by atomic mass is 9.96. The summed E-state index contributed by atoms with van der Waals surface area (Å²) >= 11 is 6.08. The normalized spacial score (nSPS) is 21.2. The third-order valence-electron chi connectivity index (χ3n) is 7.04. The van der Waals surface area contributed by atoms with Crippen LogP contribution < -0.4 is 0 Å². The number of carbonyl (C=O) groups excluding carboxylic acids is 1. The number of benzene rings is 2. The van der Waals surface area contributed by atoms with Crippen LogP contribution in [0.2, 0.25) is 5.15 Å². The second kappa shape index (κ2) is 7.79. The number of hydrogen-bond donors (Lipinski definition) is 0. The highest BCUT2D eigenvalue weighted by molar-refractivity contribution is 6.29. The standard InChI is InChI=1S/C27H23ClN2O2/c28-26-15-17(11-12-29-26)18-13-19-9-10-20(14-18)30(19)27(31)32-16-25-23-7-3-1-5-21(23)22-6-2-4-8-24(22)25/h1-8,11-13,15,19-20,25H,9-10,14,16H2. The number of carbonyl (C=O) groups is 1. The molecule has 1 amide bonds. The van der Waals surface area contributed by atoms with Crippen molar-refractivity contribution in [1.82, 2.24) is 9.88 Å². The number of halogens is 1. The van der Waals surface area contributed by atoms with Gasteiger partial charge in [0.2, 0.25) is 0 Å². The van der Waals surface area contributed by atoms with Gasteiger partial charge in [0.15, 0.2) is 0 Å². The highest BCUT2D eigenvalue weighted by Gasteiger charge is 2.41.